The molecular weight excluding hydrogens is 302 g/mol. The van der Waals surface area contributed by atoms with Gasteiger partial charge in [-0.25, -0.2) is 4.98 Å². The van der Waals surface area contributed by atoms with Crippen LogP contribution in [0.2, 0.25) is 0 Å². The van der Waals surface area contributed by atoms with E-state index in [-0.39, 0.29) is 6.04 Å². The van der Waals surface area contributed by atoms with Crippen LogP contribution in [0.1, 0.15) is 24.1 Å². The first-order valence-corrected chi connectivity index (χ1v) is 7.18. The number of nitrogens with zero attached hydrogens (tertiary/aromatic N) is 1. The number of hydrogen-bond donors (Lipinski definition) is 2. The Kier molecular flexibility index (Phi) is 4.93. The number of likely N-dealkylation sites (N-methyl/N-ethyl adjacent to an activating group) is 1. The first-order chi connectivity index (χ1) is 9.20. The van der Waals surface area contributed by atoms with Crippen LogP contribution in [0, 0.1) is 0 Å². The molecule has 0 radical (unpaired) electrons. The molecule has 19 heavy (non-hydrogen) atoms. The molecule has 0 spiro atoms. The normalized spacial score (nSPS) is 12.3. The average molecular weight is 320 g/mol. The number of halogens is 1. The molecule has 100 valence electrons. The van der Waals surface area contributed by atoms with E-state index in [2.05, 4.69) is 57.4 Å². The van der Waals surface area contributed by atoms with Gasteiger partial charge in [-0.15, -0.1) is 0 Å². The second-order valence-electron chi connectivity index (χ2n) is 4.41. The molecule has 3 N–H and O–H groups in total. The molecule has 0 bridgehead atoms. The molecule has 0 saturated carbocycles. The van der Waals surface area contributed by atoms with Crippen molar-refractivity contribution in [1.29, 1.82) is 0 Å². The van der Waals surface area contributed by atoms with E-state index < -0.39 is 0 Å². The monoisotopic (exact) mass is 319 g/mol. The number of pyridine rings is 1. The summed E-state index contributed by atoms with van der Waals surface area (Å²) in [6.07, 6.45) is 2.57. The highest BCUT2D eigenvalue weighted by Crippen LogP contribution is 2.22. The predicted molar refractivity (Wildman–Crippen MR) is 82.9 cm³/mol. The van der Waals surface area contributed by atoms with Gasteiger partial charge in [-0.3, -0.25) is 0 Å². The predicted octanol–water partition coefficient (Wildman–Crippen LogP) is 3.32. The molecule has 2 aromatic rings. The maximum absolute atomic E-state index is 5.92. The van der Waals surface area contributed by atoms with E-state index in [9.17, 15) is 0 Å². The van der Waals surface area contributed by atoms with E-state index in [4.69, 9.17) is 5.73 Å². The maximum atomic E-state index is 5.92. The van der Waals surface area contributed by atoms with Crippen LogP contribution < -0.4 is 11.1 Å². The van der Waals surface area contributed by atoms with Gasteiger partial charge in [-0.05, 0) is 42.3 Å². The molecule has 0 saturated heterocycles. The van der Waals surface area contributed by atoms with Gasteiger partial charge >= 0.3 is 0 Å². The molecule has 0 amide bonds. The zero-order valence-electron chi connectivity index (χ0n) is 10.9. The van der Waals surface area contributed by atoms with Crippen molar-refractivity contribution < 1.29 is 0 Å². The SMILES string of the molecule is CCNC(Cc1cccnc1N)c1ccc(Br)cc1. The second kappa shape index (κ2) is 6.68. The second-order valence-corrected chi connectivity index (χ2v) is 5.33. The molecule has 1 aromatic heterocycles. The molecule has 3 nitrogen and oxygen atoms in total. The van der Waals surface area contributed by atoms with Crippen LogP contribution in [0.25, 0.3) is 0 Å². The Balaban J connectivity index is 2.21. The molecule has 1 aromatic carbocycles. The zero-order chi connectivity index (χ0) is 13.7. The number of aromatic nitrogens is 1. The molecule has 4 heteroatoms. The van der Waals surface area contributed by atoms with Gasteiger partial charge in [-0.2, -0.15) is 0 Å². The van der Waals surface area contributed by atoms with E-state index >= 15 is 0 Å². The van der Waals surface area contributed by atoms with Crippen molar-refractivity contribution in [3.63, 3.8) is 0 Å². The zero-order valence-corrected chi connectivity index (χ0v) is 12.5. The summed E-state index contributed by atoms with van der Waals surface area (Å²) >= 11 is 3.46. The summed E-state index contributed by atoms with van der Waals surface area (Å²) < 4.78 is 1.09. The molecule has 0 aliphatic carbocycles. The number of nitrogens with two attached hydrogens (primary N) is 1. The lowest BCUT2D eigenvalue weighted by molar-refractivity contribution is 0.550. The lowest BCUT2D eigenvalue weighted by Crippen LogP contribution is -2.23. The van der Waals surface area contributed by atoms with Crippen molar-refractivity contribution in [3.05, 3.63) is 58.2 Å². The first-order valence-electron chi connectivity index (χ1n) is 6.39. The summed E-state index contributed by atoms with van der Waals surface area (Å²) in [5.41, 5.74) is 8.26. The smallest absolute Gasteiger partial charge is 0.126 e. The highest BCUT2D eigenvalue weighted by atomic mass is 79.9. The lowest BCUT2D eigenvalue weighted by atomic mass is 9.99. The summed E-state index contributed by atoms with van der Waals surface area (Å²) in [4.78, 5) is 4.14. The lowest BCUT2D eigenvalue weighted by Gasteiger charge is -2.19. The van der Waals surface area contributed by atoms with Gasteiger partial charge in [0.2, 0.25) is 0 Å². The molecule has 2 rings (SSSR count). The van der Waals surface area contributed by atoms with Crippen LogP contribution in [0.15, 0.2) is 47.1 Å². The minimum absolute atomic E-state index is 0.254. The Morgan fingerprint density at radius 3 is 2.63 bits per heavy atom. The Labute approximate surface area is 122 Å². The van der Waals surface area contributed by atoms with Crippen LogP contribution in [0.4, 0.5) is 5.82 Å². The maximum Gasteiger partial charge on any atom is 0.126 e. The number of benzene rings is 1. The summed E-state index contributed by atoms with van der Waals surface area (Å²) in [6.45, 7) is 3.03. The van der Waals surface area contributed by atoms with Crippen molar-refractivity contribution in [2.24, 2.45) is 0 Å². The molecule has 1 heterocycles. The summed E-state index contributed by atoms with van der Waals surface area (Å²) in [7, 11) is 0. The van der Waals surface area contributed by atoms with Crippen LogP contribution in [0.5, 0.6) is 0 Å². The number of nitrogen functional groups attached to an aromatic ring is 1. The molecule has 1 unspecified atom stereocenters. The topological polar surface area (TPSA) is 50.9 Å². The van der Waals surface area contributed by atoms with Crippen LogP contribution >= 0.6 is 15.9 Å². The molecule has 0 aliphatic rings. The summed E-state index contributed by atoms with van der Waals surface area (Å²) in [6, 6.07) is 12.6. The third-order valence-corrected chi connectivity index (χ3v) is 3.60. The molecule has 0 fully saturated rings. The third-order valence-electron chi connectivity index (χ3n) is 3.07. The van der Waals surface area contributed by atoms with E-state index in [1.165, 1.54) is 5.56 Å². The van der Waals surface area contributed by atoms with E-state index in [1.54, 1.807) is 6.20 Å². The largest absolute Gasteiger partial charge is 0.383 e. The van der Waals surface area contributed by atoms with E-state index in [0.717, 1.165) is 23.0 Å². The minimum atomic E-state index is 0.254. The highest BCUT2D eigenvalue weighted by Gasteiger charge is 2.12. The van der Waals surface area contributed by atoms with Gasteiger partial charge in [0.15, 0.2) is 0 Å². The fraction of sp³-hybridized carbons (Fsp3) is 0.267. The van der Waals surface area contributed by atoms with Gasteiger partial charge in [0.1, 0.15) is 5.82 Å². The van der Waals surface area contributed by atoms with E-state index in [0.29, 0.717) is 5.82 Å². The quantitative estimate of drug-likeness (QED) is 0.888. The summed E-state index contributed by atoms with van der Waals surface area (Å²) in [5, 5.41) is 3.50. The molecule has 0 aliphatic heterocycles. The Morgan fingerprint density at radius 2 is 2.00 bits per heavy atom. The van der Waals surface area contributed by atoms with Crippen molar-refractivity contribution in [1.82, 2.24) is 10.3 Å². The Morgan fingerprint density at radius 1 is 1.26 bits per heavy atom. The number of nitrogens with one attached hydrogen (secondary N) is 1. The summed E-state index contributed by atoms with van der Waals surface area (Å²) in [5.74, 6) is 0.613. The Bertz CT molecular complexity index is 525. The fourth-order valence-electron chi connectivity index (χ4n) is 2.09. The molecular formula is C15H18BrN3. The average Bonchev–Trinajstić information content (AvgIpc) is 2.42. The minimum Gasteiger partial charge on any atom is -0.383 e. The van der Waals surface area contributed by atoms with Crippen molar-refractivity contribution in [2.75, 3.05) is 12.3 Å². The third kappa shape index (κ3) is 3.78. The number of rotatable bonds is 5. The van der Waals surface area contributed by atoms with Crippen molar-refractivity contribution in [2.45, 2.75) is 19.4 Å². The van der Waals surface area contributed by atoms with Crippen molar-refractivity contribution in [3.8, 4) is 0 Å². The highest BCUT2D eigenvalue weighted by molar-refractivity contribution is 9.10. The van der Waals surface area contributed by atoms with Gasteiger partial charge in [0.25, 0.3) is 0 Å². The van der Waals surface area contributed by atoms with Gasteiger partial charge in [0.05, 0.1) is 0 Å². The van der Waals surface area contributed by atoms with Gasteiger partial charge in [-0.1, -0.05) is 41.1 Å². The van der Waals surface area contributed by atoms with Gasteiger partial charge in [0, 0.05) is 16.7 Å². The van der Waals surface area contributed by atoms with E-state index in [1.807, 2.05) is 12.1 Å². The van der Waals surface area contributed by atoms with Crippen LogP contribution in [0.3, 0.4) is 0 Å². The standard InChI is InChI=1S/C15H18BrN3/c1-2-18-14(11-5-7-13(16)8-6-11)10-12-4-3-9-19-15(12)17/h3-9,14,18H,2,10H2,1H3,(H2,17,19). The van der Waals surface area contributed by atoms with Crippen LogP contribution in [-0.4, -0.2) is 11.5 Å². The van der Waals surface area contributed by atoms with Gasteiger partial charge < -0.3 is 11.1 Å². The number of hydrogen-bond acceptors (Lipinski definition) is 3. The first kappa shape index (κ1) is 14.0. The van der Waals surface area contributed by atoms with Crippen LogP contribution in [-0.2, 0) is 6.42 Å². The fourth-order valence-corrected chi connectivity index (χ4v) is 2.36. The Hall–Kier alpha value is -1.39. The molecule has 1 atom stereocenters. The number of anilines is 1. The van der Waals surface area contributed by atoms with Crippen molar-refractivity contribution >= 4 is 21.7 Å².